The second-order valence-electron chi connectivity index (χ2n) is 6.53. The first-order chi connectivity index (χ1) is 11.0. The molecule has 1 aliphatic rings. The molecule has 1 saturated carbocycles. The summed E-state index contributed by atoms with van der Waals surface area (Å²) in [5.74, 6) is 0.0614. The number of hydrogen-bond acceptors (Lipinski definition) is 3. The van der Waals surface area contributed by atoms with Gasteiger partial charge >= 0.3 is 0 Å². The Morgan fingerprint density at radius 2 is 1.70 bits per heavy atom. The van der Waals surface area contributed by atoms with E-state index in [2.05, 4.69) is 24.7 Å². The Hall–Kier alpha value is -2.17. The maximum atomic E-state index is 12.1. The molecule has 0 spiro atoms. The molecule has 0 atom stereocenters. The predicted molar refractivity (Wildman–Crippen MR) is 87.6 cm³/mol. The number of hydrogen-bond donors (Lipinski definition) is 2. The maximum absolute atomic E-state index is 12.1. The van der Waals surface area contributed by atoms with E-state index in [9.17, 15) is 14.4 Å². The van der Waals surface area contributed by atoms with Crippen molar-refractivity contribution in [1.82, 2.24) is 10.9 Å². The highest BCUT2D eigenvalue weighted by Crippen LogP contribution is 2.28. The summed E-state index contributed by atoms with van der Waals surface area (Å²) in [7, 11) is 0. The lowest BCUT2D eigenvalue weighted by molar-refractivity contribution is -0.129. The standard InChI is InChI=1S/C18H24N2O3/c1-12(2)11-13-3-5-14(6-4-13)16(21)9-10-17(22)19-20-18(23)15-7-8-15/h3-6,12,15H,7-11H2,1-2H3,(H,19,22)(H,20,23). The molecule has 0 aromatic heterocycles. The number of ketones is 1. The van der Waals surface area contributed by atoms with Crippen LogP contribution < -0.4 is 10.9 Å². The van der Waals surface area contributed by atoms with Crippen LogP contribution in [0.15, 0.2) is 24.3 Å². The summed E-state index contributed by atoms with van der Waals surface area (Å²) in [4.78, 5) is 35.1. The van der Waals surface area contributed by atoms with Crippen molar-refractivity contribution in [3.05, 3.63) is 35.4 Å². The molecule has 1 fully saturated rings. The summed E-state index contributed by atoms with van der Waals surface area (Å²) in [5.41, 5.74) is 6.56. The van der Waals surface area contributed by atoms with E-state index in [-0.39, 0.29) is 36.4 Å². The van der Waals surface area contributed by atoms with Crippen LogP contribution in [0.4, 0.5) is 0 Å². The summed E-state index contributed by atoms with van der Waals surface area (Å²) in [6, 6.07) is 7.55. The molecule has 1 aromatic carbocycles. The third kappa shape index (κ3) is 5.85. The molecule has 0 bridgehead atoms. The van der Waals surface area contributed by atoms with Crippen molar-refractivity contribution in [3.63, 3.8) is 0 Å². The van der Waals surface area contributed by atoms with Crippen LogP contribution in [0.2, 0.25) is 0 Å². The van der Waals surface area contributed by atoms with Crippen LogP contribution in [0.5, 0.6) is 0 Å². The quantitative estimate of drug-likeness (QED) is 0.599. The summed E-state index contributed by atoms with van der Waals surface area (Å²) in [5, 5.41) is 0. The van der Waals surface area contributed by atoms with Gasteiger partial charge in [0, 0.05) is 24.3 Å². The molecule has 124 valence electrons. The highest BCUT2D eigenvalue weighted by atomic mass is 16.2. The van der Waals surface area contributed by atoms with Gasteiger partial charge in [0.15, 0.2) is 5.78 Å². The van der Waals surface area contributed by atoms with Crippen LogP contribution in [0.3, 0.4) is 0 Å². The topological polar surface area (TPSA) is 75.3 Å². The second kappa shape index (κ2) is 7.90. The molecule has 2 rings (SSSR count). The van der Waals surface area contributed by atoms with E-state index in [0.717, 1.165) is 19.3 Å². The lowest BCUT2D eigenvalue weighted by Crippen LogP contribution is -2.42. The van der Waals surface area contributed by atoms with Crippen molar-refractivity contribution in [2.45, 2.75) is 46.0 Å². The molecule has 0 unspecified atom stereocenters. The first kappa shape index (κ1) is 17.2. The van der Waals surface area contributed by atoms with Gasteiger partial charge in [0.2, 0.25) is 11.8 Å². The Bertz CT molecular complexity index is 574. The maximum Gasteiger partial charge on any atom is 0.241 e. The Balaban J connectivity index is 1.72. The smallest absolute Gasteiger partial charge is 0.241 e. The molecule has 5 nitrogen and oxygen atoms in total. The fourth-order valence-corrected chi connectivity index (χ4v) is 2.31. The van der Waals surface area contributed by atoms with Crippen molar-refractivity contribution >= 4 is 17.6 Å². The zero-order valence-electron chi connectivity index (χ0n) is 13.7. The monoisotopic (exact) mass is 316 g/mol. The molecule has 0 saturated heterocycles. The van der Waals surface area contributed by atoms with E-state index in [0.29, 0.717) is 11.5 Å². The summed E-state index contributed by atoms with van der Waals surface area (Å²) >= 11 is 0. The number of nitrogens with one attached hydrogen (secondary N) is 2. The second-order valence-corrected chi connectivity index (χ2v) is 6.53. The van der Waals surface area contributed by atoms with Gasteiger partial charge in [0.05, 0.1) is 0 Å². The van der Waals surface area contributed by atoms with Gasteiger partial charge in [-0.2, -0.15) is 0 Å². The van der Waals surface area contributed by atoms with Crippen LogP contribution in [0.1, 0.15) is 55.5 Å². The highest BCUT2D eigenvalue weighted by molar-refractivity contribution is 5.98. The van der Waals surface area contributed by atoms with E-state index in [1.54, 1.807) is 0 Å². The summed E-state index contributed by atoms with van der Waals surface area (Å²) < 4.78 is 0. The minimum absolute atomic E-state index is 0.0429. The predicted octanol–water partition coefficient (Wildman–Crippen LogP) is 2.41. The Morgan fingerprint density at radius 3 is 2.26 bits per heavy atom. The molecule has 2 amide bonds. The normalized spacial score (nSPS) is 13.7. The van der Waals surface area contributed by atoms with Crippen molar-refractivity contribution in [2.75, 3.05) is 0 Å². The van der Waals surface area contributed by atoms with Crippen LogP contribution in [0, 0.1) is 11.8 Å². The van der Waals surface area contributed by atoms with Gasteiger partial charge in [-0.25, -0.2) is 0 Å². The minimum atomic E-state index is -0.344. The van der Waals surface area contributed by atoms with E-state index in [1.165, 1.54) is 5.56 Å². The lowest BCUT2D eigenvalue weighted by Gasteiger charge is -2.07. The Labute approximate surface area is 136 Å². The highest BCUT2D eigenvalue weighted by Gasteiger charge is 2.29. The van der Waals surface area contributed by atoms with Gasteiger partial charge < -0.3 is 0 Å². The van der Waals surface area contributed by atoms with Gasteiger partial charge in [0.25, 0.3) is 0 Å². The van der Waals surface area contributed by atoms with Crippen LogP contribution in [0.25, 0.3) is 0 Å². The third-order valence-corrected chi connectivity index (χ3v) is 3.77. The first-order valence-electron chi connectivity index (χ1n) is 8.16. The van der Waals surface area contributed by atoms with Crippen molar-refractivity contribution in [1.29, 1.82) is 0 Å². The molecular formula is C18H24N2O3. The number of hydrazine groups is 1. The molecule has 0 radical (unpaired) electrons. The number of carbonyl (C=O) groups is 3. The summed E-state index contributed by atoms with van der Waals surface area (Å²) in [6.07, 6.45) is 2.95. The molecular weight excluding hydrogens is 292 g/mol. The fraction of sp³-hybridized carbons (Fsp3) is 0.500. The third-order valence-electron chi connectivity index (χ3n) is 3.77. The molecule has 5 heteroatoms. The van der Waals surface area contributed by atoms with Gasteiger partial charge in [0.1, 0.15) is 0 Å². The van der Waals surface area contributed by atoms with Gasteiger partial charge in [-0.05, 0) is 30.7 Å². The average Bonchev–Trinajstić information content (AvgIpc) is 3.35. The zero-order valence-corrected chi connectivity index (χ0v) is 13.7. The molecule has 1 aliphatic carbocycles. The molecule has 0 aliphatic heterocycles. The van der Waals surface area contributed by atoms with Gasteiger partial charge in [-0.15, -0.1) is 0 Å². The Morgan fingerprint density at radius 1 is 1.04 bits per heavy atom. The average molecular weight is 316 g/mol. The van der Waals surface area contributed by atoms with E-state index < -0.39 is 0 Å². The number of rotatable bonds is 7. The molecule has 1 aromatic rings. The zero-order chi connectivity index (χ0) is 16.8. The van der Waals surface area contributed by atoms with Crippen molar-refractivity contribution in [3.8, 4) is 0 Å². The molecule has 0 heterocycles. The number of benzene rings is 1. The molecule has 23 heavy (non-hydrogen) atoms. The minimum Gasteiger partial charge on any atom is -0.294 e. The first-order valence-corrected chi connectivity index (χ1v) is 8.16. The largest absolute Gasteiger partial charge is 0.294 e. The van der Waals surface area contributed by atoms with Gasteiger partial charge in [-0.3, -0.25) is 25.2 Å². The summed E-state index contributed by atoms with van der Waals surface area (Å²) in [6.45, 7) is 4.30. The van der Waals surface area contributed by atoms with Crippen molar-refractivity contribution < 1.29 is 14.4 Å². The van der Waals surface area contributed by atoms with Crippen LogP contribution in [-0.2, 0) is 16.0 Å². The van der Waals surface area contributed by atoms with E-state index in [1.807, 2.05) is 24.3 Å². The number of Topliss-reactive ketones (excluding diaryl/α,β-unsaturated/α-hetero) is 1. The van der Waals surface area contributed by atoms with Gasteiger partial charge in [-0.1, -0.05) is 38.1 Å². The van der Waals surface area contributed by atoms with Crippen LogP contribution >= 0.6 is 0 Å². The van der Waals surface area contributed by atoms with E-state index >= 15 is 0 Å². The number of carbonyl (C=O) groups excluding carboxylic acids is 3. The SMILES string of the molecule is CC(C)Cc1ccc(C(=O)CCC(=O)NNC(=O)C2CC2)cc1. The lowest BCUT2D eigenvalue weighted by atomic mass is 9.99. The van der Waals surface area contributed by atoms with E-state index in [4.69, 9.17) is 0 Å². The molecule has 2 N–H and O–H groups in total. The van der Waals surface area contributed by atoms with Crippen molar-refractivity contribution in [2.24, 2.45) is 11.8 Å². The fourth-order valence-electron chi connectivity index (χ4n) is 2.31. The number of amides is 2. The Kier molecular flexibility index (Phi) is 5.90. The van der Waals surface area contributed by atoms with Crippen LogP contribution in [-0.4, -0.2) is 17.6 Å².